The van der Waals surface area contributed by atoms with E-state index in [9.17, 15) is 9.90 Å². The summed E-state index contributed by atoms with van der Waals surface area (Å²) < 4.78 is 3.47. The van der Waals surface area contributed by atoms with Crippen molar-refractivity contribution in [3.63, 3.8) is 0 Å². The standard InChI is InChI=1S/C19H21N3O2/c1-13(16-11-7-8-12-17(16)23)20-18-14(2)21(3)22(19(18)24)15-9-5-4-6-10-15/h4-13,20,23H,1-3H3/t13-/m1/s1. The highest BCUT2D eigenvalue weighted by Crippen LogP contribution is 2.27. The predicted molar refractivity (Wildman–Crippen MR) is 95.9 cm³/mol. The molecule has 0 amide bonds. The van der Waals surface area contributed by atoms with Gasteiger partial charge in [-0.25, -0.2) is 4.68 Å². The summed E-state index contributed by atoms with van der Waals surface area (Å²) >= 11 is 0. The fraction of sp³-hybridized carbons (Fsp3) is 0.211. The second-order valence-electron chi connectivity index (χ2n) is 5.86. The number of aromatic nitrogens is 2. The van der Waals surface area contributed by atoms with Gasteiger partial charge in [0.1, 0.15) is 11.4 Å². The molecule has 1 heterocycles. The number of para-hydroxylation sites is 2. The van der Waals surface area contributed by atoms with Crippen molar-refractivity contribution < 1.29 is 5.11 Å². The Hall–Kier alpha value is -2.95. The van der Waals surface area contributed by atoms with Gasteiger partial charge in [-0.05, 0) is 32.0 Å². The fourth-order valence-corrected chi connectivity index (χ4v) is 2.88. The highest BCUT2D eigenvalue weighted by atomic mass is 16.3. The van der Waals surface area contributed by atoms with Crippen molar-refractivity contribution in [2.75, 3.05) is 5.32 Å². The van der Waals surface area contributed by atoms with Gasteiger partial charge >= 0.3 is 0 Å². The van der Waals surface area contributed by atoms with E-state index in [2.05, 4.69) is 5.32 Å². The molecule has 24 heavy (non-hydrogen) atoms. The van der Waals surface area contributed by atoms with Crippen LogP contribution in [-0.4, -0.2) is 14.5 Å². The number of anilines is 1. The lowest BCUT2D eigenvalue weighted by molar-refractivity contribution is 0.465. The predicted octanol–water partition coefficient (Wildman–Crippen LogP) is 3.36. The summed E-state index contributed by atoms with van der Waals surface area (Å²) in [6, 6.07) is 16.5. The molecular weight excluding hydrogens is 302 g/mol. The molecule has 0 aliphatic rings. The number of benzene rings is 2. The van der Waals surface area contributed by atoms with Crippen LogP contribution in [-0.2, 0) is 7.05 Å². The largest absolute Gasteiger partial charge is 0.508 e. The highest BCUT2D eigenvalue weighted by molar-refractivity contribution is 5.51. The molecule has 2 N–H and O–H groups in total. The molecule has 3 aromatic rings. The minimum atomic E-state index is -0.191. The summed E-state index contributed by atoms with van der Waals surface area (Å²) in [4.78, 5) is 12.9. The zero-order valence-electron chi connectivity index (χ0n) is 14.0. The minimum Gasteiger partial charge on any atom is -0.508 e. The van der Waals surface area contributed by atoms with Gasteiger partial charge in [0.05, 0.1) is 17.4 Å². The molecule has 0 aliphatic heterocycles. The lowest BCUT2D eigenvalue weighted by Gasteiger charge is -2.15. The van der Waals surface area contributed by atoms with E-state index in [0.717, 1.165) is 16.9 Å². The van der Waals surface area contributed by atoms with Gasteiger partial charge in [0.2, 0.25) is 0 Å². The topological polar surface area (TPSA) is 59.2 Å². The molecule has 1 aromatic heterocycles. The van der Waals surface area contributed by atoms with E-state index in [1.807, 2.05) is 68.0 Å². The quantitative estimate of drug-likeness (QED) is 0.774. The molecule has 0 spiro atoms. The molecule has 0 bridgehead atoms. The third-order valence-electron chi connectivity index (χ3n) is 4.32. The van der Waals surface area contributed by atoms with Crippen molar-refractivity contribution in [1.29, 1.82) is 0 Å². The average molecular weight is 323 g/mol. The van der Waals surface area contributed by atoms with Crippen LogP contribution in [0.2, 0.25) is 0 Å². The Morgan fingerprint density at radius 2 is 1.67 bits per heavy atom. The number of hydrogen-bond donors (Lipinski definition) is 2. The molecule has 0 radical (unpaired) electrons. The maximum Gasteiger partial charge on any atom is 0.295 e. The number of phenols is 1. The zero-order chi connectivity index (χ0) is 17.3. The summed E-state index contributed by atoms with van der Waals surface area (Å²) in [5.74, 6) is 0.217. The van der Waals surface area contributed by atoms with E-state index in [-0.39, 0.29) is 17.4 Å². The van der Waals surface area contributed by atoms with Crippen LogP contribution >= 0.6 is 0 Å². The average Bonchev–Trinajstić information content (AvgIpc) is 2.79. The number of aromatic hydroxyl groups is 1. The van der Waals surface area contributed by atoms with Crippen LogP contribution in [0.4, 0.5) is 5.69 Å². The number of nitrogens with zero attached hydrogens (tertiary/aromatic N) is 2. The highest BCUT2D eigenvalue weighted by Gasteiger charge is 2.19. The number of hydrogen-bond acceptors (Lipinski definition) is 3. The van der Waals surface area contributed by atoms with Crippen LogP contribution < -0.4 is 10.9 Å². The van der Waals surface area contributed by atoms with Crippen molar-refractivity contribution in [1.82, 2.24) is 9.36 Å². The minimum absolute atomic E-state index is 0.108. The molecule has 5 nitrogen and oxygen atoms in total. The van der Waals surface area contributed by atoms with Crippen LogP contribution in [0.5, 0.6) is 5.75 Å². The maximum atomic E-state index is 12.9. The van der Waals surface area contributed by atoms with Crippen LogP contribution in [0.3, 0.4) is 0 Å². The molecule has 2 aromatic carbocycles. The van der Waals surface area contributed by atoms with Gasteiger partial charge < -0.3 is 10.4 Å². The zero-order valence-corrected chi connectivity index (χ0v) is 14.0. The SMILES string of the molecule is Cc1c(N[C@H](C)c2ccccc2O)c(=O)n(-c2ccccc2)n1C. The Bertz CT molecular complexity index is 910. The molecule has 0 saturated heterocycles. The van der Waals surface area contributed by atoms with E-state index >= 15 is 0 Å². The molecule has 5 heteroatoms. The van der Waals surface area contributed by atoms with Gasteiger partial charge in [0.25, 0.3) is 5.56 Å². The van der Waals surface area contributed by atoms with Crippen LogP contribution in [0.25, 0.3) is 5.69 Å². The van der Waals surface area contributed by atoms with Crippen LogP contribution in [0.15, 0.2) is 59.4 Å². The van der Waals surface area contributed by atoms with E-state index < -0.39 is 0 Å². The molecule has 0 saturated carbocycles. The Morgan fingerprint density at radius 1 is 1.04 bits per heavy atom. The Kier molecular flexibility index (Phi) is 4.16. The van der Waals surface area contributed by atoms with Crippen molar-refractivity contribution in [2.24, 2.45) is 7.05 Å². The Morgan fingerprint density at radius 3 is 2.33 bits per heavy atom. The van der Waals surface area contributed by atoms with E-state index in [1.165, 1.54) is 0 Å². The van der Waals surface area contributed by atoms with Crippen molar-refractivity contribution in [3.05, 3.63) is 76.2 Å². The van der Waals surface area contributed by atoms with Crippen LogP contribution in [0.1, 0.15) is 24.2 Å². The molecule has 0 fully saturated rings. The first-order valence-electron chi connectivity index (χ1n) is 7.89. The first kappa shape index (κ1) is 15.9. The summed E-state index contributed by atoms with van der Waals surface area (Å²) in [5.41, 5.74) is 2.84. The summed E-state index contributed by atoms with van der Waals surface area (Å²) in [6.45, 7) is 3.83. The van der Waals surface area contributed by atoms with Crippen molar-refractivity contribution in [2.45, 2.75) is 19.9 Å². The molecule has 124 valence electrons. The lowest BCUT2D eigenvalue weighted by atomic mass is 10.1. The van der Waals surface area contributed by atoms with Gasteiger partial charge in [0, 0.05) is 12.6 Å². The first-order valence-corrected chi connectivity index (χ1v) is 7.89. The van der Waals surface area contributed by atoms with Gasteiger partial charge in [-0.15, -0.1) is 0 Å². The molecule has 3 rings (SSSR count). The number of nitrogens with one attached hydrogen (secondary N) is 1. The summed E-state index contributed by atoms with van der Waals surface area (Å²) in [7, 11) is 1.86. The molecular formula is C19H21N3O2. The fourth-order valence-electron chi connectivity index (χ4n) is 2.88. The monoisotopic (exact) mass is 323 g/mol. The van der Waals surface area contributed by atoms with Crippen molar-refractivity contribution >= 4 is 5.69 Å². The van der Waals surface area contributed by atoms with E-state index in [4.69, 9.17) is 0 Å². The molecule has 0 aliphatic carbocycles. The Labute approximate surface area is 140 Å². The number of rotatable bonds is 4. The van der Waals surface area contributed by atoms with Crippen LogP contribution in [0, 0.1) is 6.92 Å². The molecule has 1 atom stereocenters. The molecule has 0 unspecified atom stereocenters. The lowest BCUT2D eigenvalue weighted by Crippen LogP contribution is -2.21. The maximum absolute atomic E-state index is 12.9. The third-order valence-corrected chi connectivity index (χ3v) is 4.32. The second kappa shape index (κ2) is 6.28. The van der Waals surface area contributed by atoms with Crippen molar-refractivity contribution in [3.8, 4) is 11.4 Å². The van der Waals surface area contributed by atoms with E-state index in [1.54, 1.807) is 16.8 Å². The normalized spacial score (nSPS) is 12.1. The van der Waals surface area contributed by atoms with Gasteiger partial charge in [0.15, 0.2) is 0 Å². The number of phenolic OH excluding ortho intramolecular Hbond substituents is 1. The summed E-state index contributed by atoms with van der Waals surface area (Å²) in [6.07, 6.45) is 0. The second-order valence-corrected chi connectivity index (χ2v) is 5.86. The first-order chi connectivity index (χ1) is 11.5. The third kappa shape index (κ3) is 2.69. The van der Waals surface area contributed by atoms with E-state index in [0.29, 0.717) is 5.69 Å². The Balaban J connectivity index is 2.01. The van der Waals surface area contributed by atoms with Gasteiger partial charge in [-0.2, -0.15) is 0 Å². The smallest absolute Gasteiger partial charge is 0.295 e. The summed E-state index contributed by atoms with van der Waals surface area (Å²) in [5, 5.41) is 13.3. The van der Waals surface area contributed by atoms with Gasteiger partial charge in [-0.1, -0.05) is 36.4 Å². The van der Waals surface area contributed by atoms with Gasteiger partial charge in [-0.3, -0.25) is 9.48 Å².